The molecule has 0 spiro atoms. The van der Waals surface area contributed by atoms with Crippen molar-refractivity contribution in [1.82, 2.24) is 0 Å². The fourth-order valence-electron chi connectivity index (χ4n) is 2.04. The Bertz CT molecular complexity index is 357. The second-order valence-corrected chi connectivity index (χ2v) is 4.41. The van der Waals surface area contributed by atoms with Crippen LogP contribution in [0.15, 0.2) is 24.3 Å². The highest BCUT2D eigenvalue weighted by Crippen LogP contribution is 2.39. The SMILES string of the molecule is CC1(C)CC(C=N)Oc2ccccc21. The Morgan fingerprint density at radius 1 is 1.43 bits per heavy atom. The molecule has 2 rings (SSSR count). The summed E-state index contributed by atoms with van der Waals surface area (Å²) in [5.41, 5.74) is 1.36. The van der Waals surface area contributed by atoms with E-state index in [1.807, 2.05) is 18.2 Å². The lowest BCUT2D eigenvalue weighted by Gasteiger charge is -2.35. The van der Waals surface area contributed by atoms with Crippen LogP contribution in [-0.4, -0.2) is 12.3 Å². The van der Waals surface area contributed by atoms with Gasteiger partial charge < -0.3 is 10.1 Å². The van der Waals surface area contributed by atoms with E-state index in [9.17, 15) is 0 Å². The molecule has 0 saturated carbocycles. The molecule has 2 nitrogen and oxygen atoms in total. The van der Waals surface area contributed by atoms with E-state index in [4.69, 9.17) is 10.1 Å². The molecular formula is C12H15NO. The molecule has 0 aromatic heterocycles. The third-order valence-corrected chi connectivity index (χ3v) is 2.79. The Morgan fingerprint density at radius 2 is 2.14 bits per heavy atom. The molecule has 1 unspecified atom stereocenters. The molecule has 1 heterocycles. The first-order valence-electron chi connectivity index (χ1n) is 4.90. The molecule has 0 radical (unpaired) electrons. The molecule has 1 atom stereocenters. The Morgan fingerprint density at radius 3 is 2.86 bits per heavy atom. The van der Waals surface area contributed by atoms with Crippen molar-refractivity contribution in [3.8, 4) is 5.75 Å². The van der Waals surface area contributed by atoms with Gasteiger partial charge in [-0.15, -0.1) is 0 Å². The van der Waals surface area contributed by atoms with E-state index in [1.165, 1.54) is 11.8 Å². The number of hydrogen-bond acceptors (Lipinski definition) is 2. The lowest BCUT2D eigenvalue weighted by molar-refractivity contribution is 0.191. The average Bonchev–Trinajstić information content (AvgIpc) is 2.17. The number of nitrogens with one attached hydrogen (secondary N) is 1. The quantitative estimate of drug-likeness (QED) is 0.677. The van der Waals surface area contributed by atoms with Crippen LogP contribution in [0, 0.1) is 5.41 Å². The van der Waals surface area contributed by atoms with Crippen molar-refractivity contribution in [2.24, 2.45) is 0 Å². The van der Waals surface area contributed by atoms with E-state index >= 15 is 0 Å². The maximum Gasteiger partial charge on any atom is 0.134 e. The monoisotopic (exact) mass is 189 g/mol. The van der Waals surface area contributed by atoms with Gasteiger partial charge in [-0.05, 0) is 23.5 Å². The van der Waals surface area contributed by atoms with Crippen LogP contribution in [0.4, 0.5) is 0 Å². The first-order chi connectivity index (χ1) is 6.63. The standard InChI is InChI=1S/C12H15NO/c1-12(2)7-9(8-13)14-11-6-4-3-5-10(11)12/h3-6,8-9,13H,7H2,1-2H3. The number of fused-ring (bicyclic) bond motifs is 1. The van der Waals surface area contributed by atoms with Crippen LogP contribution in [0.2, 0.25) is 0 Å². The van der Waals surface area contributed by atoms with E-state index in [2.05, 4.69) is 19.9 Å². The molecule has 0 aliphatic carbocycles. The van der Waals surface area contributed by atoms with Gasteiger partial charge in [-0.3, -0.25) is 0 Å². The molecule has 0 bridgehead atoms. The van der Waals surface area contributed by atoms with Crippen LogP contribution in [0.1, 0.15) is 25.8 Å². The lowest BCUT2D eigenvalue weighted by atomic mass is 9.77. The molecule has 74 valence electrons. The van der Waals surface area contributed by atoms with E-state index in [0.717, 1.165) is 12.2 Å². The van der Waals surface area contributed by atoms with Crippen molar-refractivity contribution in [1.29, 1.82) is 5.41 Å². The van der Waals surface area contributed by atoms with Gasteiger partial charge in [-0.1, -0.05) is 32.0 Å². The molecule has 1 N–H and O–H groups in total. The summed E-state index contributed by atoms with van der Waals surface area (Å²) in [6.45, 7) is 4.40. The summed E-state index contributed by atoms with van der Waals surface area (Å²) in [5, 5.41) is 7.27. The van der Waals surface area contributed by atoms with Crippen molar-refractivity contribution in [3.05, 3.63) is 29.8 Å². The van der Waals surface area contributed by atoms with E-state index in [-0.39, 0.29) is 11.5 Å². The normalized spacial score (nSPS) is 23.4. The van der Waals surface area contributed by atoms with Crippen molar-refractivity contribution >= 4 is 6.21 Å². The zero-order valence-electron chi connectivity index (χ0n) is 8.58. The largest absolute Gasteiger partial charge is 0.484 e. The summed E-state index contributed by atoms with van der Waals surface area (Å²) in [7, 11) is 0. The fourth-order valence-corrected chi connectivity index (χ4v) is 2.04. The maximum atomic E-state index is 7.27. The Kier molecular flexibility index (Phi) is 2.06. The van der Waals surface area contributed by atoms with E-state index < -0.39 is 0 Å². The highest BCUT2D eigenvalue weighted by Gasteiger charge is 2.32. The maximum absolute atomic E-state index is 7.27. The summed E-state index contributed by atoms with van der Waals surface area (Å²) in [4.78, 5) is 0. The lowest BCUT2D eigenvalue weighted by Crippen LogP contribution is -2.34. The Balaban J connectivity index is 2.46. The molecule has 1 aromatic carbocycles. The third-order valence-electron chi connectivity index (χ3n) is 2.79. The summed E-state index contributed by atoms with van der Waals surface area (Å²) in [5.74, 6) is 0.928. The van der Waals surface area contributed by atoms with E-state index in [1.54, 1.807) is 0 Å². The molecule has 0 fully saturated rings. The minimum atomic E-state index is -0.0695. The summed E-state index contributed by atoms with van der Waals surface area (Å²) >= 11 is 0. The predicted octanol–water partition coefficient (Wildman–Crippen LogP) is 2.76. The molecule has 1 aromatic rings. The molecule has 1 aliphatic rings. The van der Waals surface area contributed by atoms with Crippen molar-refractivity contribution < 1.29 is 4.74 Å². The second-order valence-electron chi connectivity index (χ2n) is 4.41. The smallest absolute Gasteiger partial charge is 0.134 e. The van der Waals surface area contributed by atoms with Gasteiger partial charge in [-0.25, -0.2) is 0 Å². The Labute approximate surface area is 84.4 Å². The Hall–Kier alpha value is -1.31. The summed E-state index contributed by atoms with van der Waals surface area (Å²) < 4.78 is 5.67. The molecular weight excluding hydrogens is 174 g/mol. The number of benzene rings is 1. The fraction of sp³-hybridized carbons (Fsp3) is 0.417. The van der Waals surface area contributed by atoms with Crippen molar-refractivity contribution in [3.63, 3.8) is 0 Å². The average molecular weight is 189 g/mol. The van der Waals surface area contributed by atoms with Crippen LogP contribution >= 0.6 is 0 Å². The zero-order chi connectivity index (χ0) is 10.2. The van der Waals surface area contributed by atoms with Crippen LogP contribution in [0.3, 0.4) is 0 Å². The molecule has 2 heteroatoms. The number of ether oxygens (including phenoxy) is 1. The van der Waals surface area contributed by atoms with Crippen LogP contribution in [0.25, 0.3) is 0 Å². The molecule has 14 heavy (non-hydrogen) atoms. The van der Waals surface area contributed by atoms with Crippen molar-refractivity contribution in [2.75, 3.05) is 0 Å². The van der Waals surface area contributed by atoms with Gasteiger partial charge in [0.05, 0.1) is 0 Å². The van der Waals surface area contributed by atoms with Gasteiger partial charge >= 0.3 is 0 Å². The van der Waals surface area contributed by atoms with Crippen LogP contribution in [0.5, 0.6) is 5.75 Å². The highest BCUT2D eigenvalue weighted by atomic mass is 16.5. The summed E-state index contributed by atoms with van der Waals surface area (Å²) in [6.07, 6.45) is 2.20. The predicted molar refractivity (Wildman–Crippen MR) is 57.3 cm³/mol. The first-order valence-corrected chi connectivity index (χ1v) is 4.90. The summed E-state index contributed by atoms with van der Waals surface area (Å²) in [6, 6.07) is 8.10. The highest BCUT2D eigenvalue weighted by molar-refractivity contribution is 5.62. The van der Waals surface area contributed by atoms with Gasteiger partial charge in [0, 0.05) is 6.21 Å². The van der Waals surface area contributed by atoms with Crippen molar-refractivity contribution in [2.45, 2.75) is 31.8 Å². The van der Waals surface area contributed by atoms with Crippen LogP contribution < -0.4 is 4.74 Å². The third kappa shape index (κ3) is 1.41. The molecule has 0 amide bonds. The zero-order valence-corrected chi connectivity index (χ0v) is 8.58. The van der Waals surface area contributed by atoms with Gasteiger partial charge in [0.1, 0.15) is 11.9 Å². The number of rotatable bonds is 1. The van der Waals surface area contributed by atoms with E-state index in [0.29, 0.717) is 0 Å². The van der Waals surface area contributed by atoms with Gasteiger partial charge in [0.2, 0.25) is 0 Å². The van der Waals surface area contributed by atoms with Gasteiger partial charge in [0.15, 0.2) is 0 Å². The molecule has 0 saturated heterocycles. The minimum Gasteiger partial charge on any atom is -0.484 e. The topological polar surface area (TPSA) is 33.1 Å². The van der Waals surface area contributed by atoms with Gasteiger partial charge in [-0.2, -0.15) is 0 Å². The van der Waals surface area contributed by atoms with Crippen LogP contribution in [-0.2, 0) is 5.41 Å². The minimum absolute atomic E-state index is 0.0695. The second kappa shape index (κ2) is 3.12. The number of hydrogen-bond donors (Lipinski definition) is 1. The molecule has 1 aliphatic heterocycles. The number of para-hydroxylation sites is 1. The first kappa shape index (κ1) is 9.25. The van der Waals surface area contributed by atoms with Gasteiger partial charge in [0.25, 0.3) is 0 Å².